The molecule has 1 rings (SSSR count). The minimum atomic E-state index is -0.679. The van der Waals surface area contributed by atoms with Crippen LogP contribution in [0.15, 0.2) is 0 Å². The minimum absolute atomic E-state index is 0.118. The molecule has 0 aliphatic carbocycles. The summed E-state index contributed by atoms with van der Waals surface area (Å²) in [5.41, 5.74) is 5.05. The van der Waals surface area contributed by atoms with Crippen molar-refractivity contribution in [2.45, 2.75) is 57.7 Å². The van der Waals surface area contributed by atoms with E-state index in [1.807, 2.05) is 0 Å². The zero-order chi connectivity index (χ0) is 11.9. The van der Waals surface area contributed by atoms with Gasteiger partial charge in [0, 0.05) is 5.54 Å². The van der Waals surface area contributed by atoms with Gasteiger partial charge in [-0.1, -0.05) is 0 Å². The van der Waals surface area contributed by atoms with Crippen LogP contribution in [-0.2, 0) is 4.74 Å². The highest BCUT2D eigenvalue weighted by atomic mass is 16.6. The van der Waals surface area contributed by atoms with E-state index in [1.165, 1.54) is 0 Å². The third-order valence-corrected chi connectivity index (χ3v) is 3.84. The zero-order valence-electron chi connectivity index (χ0n) is 10.3. The van der Waals surface area contributed by atoms with Gasteiger partial charge in [-0.05, 0) is 47.6 Å². The molecule has 1 aliphatic rings. The van der Waals surface area contributed by atoms with Gasteiger partial charge >= 0.3 is 6.09 Å². The van der Waals surface area contributed by atoms with Gasteiger partial charge < -0.3 is 10.5 Å². The van der Waals surface area contributed by atoms with Crippen LogP contribution in [0.2, 0.25) is 0 Å². The Labute approximate surface area is 91.8 Å². The Morgan fingerprint density at radius 3 is 2.40 bits per heavy atom. The Balaban J connectivity index is 2.84. The van der Waals surface area contributed by atoms with E-state index in [0.29, 0.717) is 0 Å². The Bertz CT molecular complexity index is 261. The second-order valence-corrected chi connectivity index (χ2v) is 5.49. The molecule has 88 valence electrons. The summed E-state index contributed by atoms with van der Waals surface area (Å²) in [6, 6.07) is 0. The summed E-state index contributed by atoms with van der Waals surface area (Å²) in [5, 5.41) is 0. The van der Waals surface area contributed by atoms with Crippen molar-refractivity contribution in [2.75, 3.05) is 7.05 Å². The van der Waals surface area contributed by atoms with Gasteiger partial charge in [-0.3, -0.25) is 4.90 Å². The first kappa shape index (κ1) is 12.3. The second kappa shape index (κ2) is 3.67. The summed E-state index contributed by atoms with van der Waals surface area (Å²) in [6.45, 7) is 8.58. The zero-order valence-corrected chi connectivity index (χ0v) is 10.3. The molecule has 0 spiro atoms. The molecule has 1 fully saturated rings. The number of amides is 1. The van der Waals surface area contributed by atoms with E-state index in [9.17, 15) is 4.79 Å². The van der Waals surface area contributed by atoms with Crippen LogP contribution < -0.4 is 5.73 Å². The van der Waals surface area contributed by atoms with E-state index in [0.717, 1.165) is 12.8 Å². The van der Waals surface area contributed by atoms with E-state index < -0.39 is 6.09 Å². The van der Waals surface area contributed by atoms with Crippen LogP contribution in [0, 0.1) is 0 Å². The number of carbonyl (C=O) groups is 1. The number of ether oxygens (including phenoxy) is 1. The largest absolute Gasteiger partial charge is 0.444 e. The van der Waals surface area contributed by atoms with Crippen molar-refractivity contribution in [1.82, 2.24) is 4.90 Å². The third-order valence-electron chi connectivity index (χ3n) is 3.84. The average Bonchev–Trinajstić information content (AvgIpc) is 2.08. The van der Waals surface area contributed by atoms with Crippen molar-refractivity contribution in [3.63, 3.8) is 0 Å². The van der Waals surface area contributed by atoms with Crippen molar-refractivity contribution < 1.29 is 9.53 Å². The number of hydrogen-bond donors (Lipinski definition) is 1. The highest BCUT2D eigenvalue weighted by Crippen LogP contribution is 2.38. The lowest BCUT2D eigenvalue weighted by Crippen LogP contribution is -2.63. The van der Waals surface area contributed by atoms with Gasteiger partial charge in [0.2, 0.25) is 0 Å². The first-order chi connectivity index (χ1) is 6.68. The molecule has 1 aliphatic heterocycles. The Morgan fingerprint density at radius 2 is 1.93 bits per heavy atom. The maximum Gasteiger partial charge on any atom is 0.404 e. The molecule has 0 aromatic heterocycles. The minimum Gasteiger partial charge on any atom is -0.444 e. The van der Waals surface area contributed by atoms with E-state index in [1.54, 1.807) is 0 Å². The monoisotopic (exact) mass is 214 g/mol. The SMILES string of the molecule is CN1C(C)(C)CCC(OC(N)=O)C1(C)C. The molecule has 1 saturated heterocycles. The fourth-order valence-electron chi connectivity index (χ4n) is 2.34. The molecule has 0 aromatic rings. The number of piperidine rings is 1. The van der Waals surface area contributed by atoms with Crippen LogP contribution in [0.4, 0.5) is 4.79 Å². The van der Waals surface area contributed by atoms with Crippen LogP contribution in [-0.4, -0.2) is 35.2 Å². The lowest BCUT2D eigenvalue weighted by atomic mass is 9.78. The van der Waals surface area contributed by atoms with E-state index >= 15 is 0 Å². The van der Waals surface area contributed by atoms with Crippen molar-refractivity contribution >= 4 is 6.09 Å². The van der Waals surface area contributed by atoms with Gasteiger partial charge in [-0.25, -0.2) is 4.79 Å². The number of primary amides is 1. The Kier molecular flexibility index (Phi) is 3.01. The molecule has 0 saturated carbocycles. The molecular weight excluding hydrogens is 192 g/mol. The number of carbonyl (C=O) groups excluding carboxylic acids is 1. The molecule has 1 amide bonds. The standard InChI is InChI=1S/C11H22N2O2/c1-10(2)7-6-8(15-9(12)14)11(3,4)13(10)5/h8H,6-7H2,1-5H3,(H2,12,14). The van der Waals surface area contributed by atoms with Crippen LogP contribution in [0.1, 0.15) is 40.5 Å². The van der Waals surface area contributed by atoms with Gasteiger partial charge in [-0.15, -0.1) is 0 Å². The number of hydrogen-bond acceptors (Lipinski definition) is 3. The van der Waals surface area contributed by atoms with E-state index in [2.05, 4.69) is 39.6 Å². The summed E-state index contributed by atoms with van der Waals surface area (Å²) >= 11 is 0. The van der Waals surface area contributed by atoms with Crippen molar-refractivity contribution in [3.05, 3.63) is 0 Å². The normalized spacial score (nSPS) is 29.8. The Morgan fingerprint density at radius 1 is 1.40 bits per heavy atom. The first-order valence-electron chi connectivity index (χ1n) is 5.38. The molecule has 15 heavy (non-hydrogen) atoms. The maximum absolute atomic E-state index is 10.8. The number of likely N-dealkylation sites (N-methyl/N-ethyl adjacent to an activating group) is 1. The van der Waals surface area contributed by atoms with Crippen LogP contribution in [0.3, 0.4) is 0 Å². The van der Waals surface area contributed by atoms with Crippen molar-refractivity contribution in [3.8, 4) is 0 Å². The highest BCUT2D eigenvalue weighted by Gasteiger charge is 2.46. The first-order valence-corrected chi connectivity index (χ1v) is 5.38. The van der Waals surface area contributed by atoms with E-state index in [4.69, 9.17) is 10.5 Å². The molecule has 0 radical (unpaired) electrons. The fourth-order valence-corrected chi connectivity index (χ4v) is 2.34. The molecule has 1 atom stereocenters. The lowest BCUT2D eigenvalue weighted by molar-refractivity contribution is -0.0914. The van der Waals surface area contributed by atoms with Gasteiger partial charge in [-0.2, -0.15) is 0 Å². The number of nitrogens with two attached hydrogens (primary N) is 1. The average molecular weight is 214 g/mol. The van der Waals surface area contributed by atoms with Gasteiger partial charge in [0.1, 0.15) is 6.10 Å². The lowest BCUT2D eigenvalue weighted by Gasteiger charge is -2.53. The summed E-state index contributed by atoms with van der Waals surface area (Å²) in [7, 11) is 2.07. The second-order valence-electron chi connectivity index (χ2n) is 5.49. The van der Waals surface area contributed by atoms with Crippen LogP contribution >= 0.6 is 0 Å². The quantitative estimate of drug-likeness (QED) is 0.723. The number of likely N-dealkylation sites (tertiary alicyclic amines) is 1. The molecule has 4 heteroatoms. The molecular formula is C11H22N2O2. The topological polar surface area (TPSA) is 55.6 Å². The van der Waals surface area contributed by atoms with Crippen LogP contribution in [0.25, 0.3) is 0 Å². The molecule has 2 N–H and O–H groups in total. The van der Waals surface area contributed by atoms with Crippen molar-refractivity contribution in [2.24, 2.45) is 5.73 Å². The summed E-state index contributed by atoms with van der Waals surface area (Å²) in [5.74, 6) is 0. The molecule has 0 aromatic carbocycles. The maximum atomic E-state index is 10.8. The molecule has 1 unspecified atom stereocenters. The number of nitrogens with zero attached hydrogens (tertiary/aromatic N) is 1. The molecule has 1 heterocycles. The smallest absolute Gasteiger partial charge is 0.404 e. The Hall–Kier alpha value is -0.770. The van der Waals surface area contributed by atoms with Crippen LogP contribution in [0.5, 0.6) is 0 Å². The van der Waals surface area contributed by atoms with E-state index in [-0.39, 0.29) is 17.2 Å². The van der Waals surface area contributed by atoms with Gasteiger partial charge in [0.15, 0.2) is 0 Å². The van der Waals surface area contributed by atoms with Gasteiger partial charge in [0.25, 0.3) is 0 Å². The van der Waals surface area contributed by atoms with Gasteiger partial charge in [0.05, 0.1) is 5.54 Å². The fraction of sp³-hybridized carbons (Fsp3) is 0.909. The summed E-state index contributed by atoms with van der Waals surface area (Å²) < 4.78 is 5.17. The molecule has 0 bridgehead atoms. The molecule has 4 nitrogen and oxygen atoms in total. The summed E-state index contributed by atoms with van der Waals surface area (Å²) in [4.78, 5) is 13.1. The summed E-state index contributed by atoms with van der Waals surface area (Å²) in [6.07, 6.45) is 1.08. The predicted molar refractivity (Wildman–Crippen MR) is 59.6 cm³/mol. The third kappa shape index (κ3) is 2.25. The highest BCUT2D eigenvalue weighted by molar-refractivity contribution is 5.65. The predicted octanol–water partition coefficient (Wildman–Crippen LogP) is 1.73. The van der Waals surface area contributed by atoms with Crippen molar-refractivity contribution in [1.29, 1.82) is 0 Å². The number of rotatable bonds is 1.